The summed E-state index contributed by atoms with van der Waals surface area (Å²) in [6.07, 6.45) is 6.48. The Morgan fingerprint density at radius 3 is 2.50 bits per heavy atom. The lowest BCUT2D eigenvalue weighted by Crippen LogP contribution is -2.37. The van der Waals surface area contributed by atoms with Gasteiger partial charge in [-0.15, -0.1) is 0 Å². The van der Waals surface area contributed by atoms with E-state index in [1.165, 1.54) is 23.3 Å². The van der Waals surface area contributed by atoms with Gasteiger partial charge in [0.1, 0.15) is 0 Å². The van der Waals surface area contributed by atoms with Gasteiger partial charge in [0.05, 0.1) is 0 Å². The minimum Gasteiger partial charge on any atom is -0.465 e. The highest BCUT2D eigenvalue weighted by Crippen LogP contribution is 2.23. The van der Waals surface area contributed by atoms with Crippen LogP contribution in [0.25, 0.3) is 0 Å². The van der Waals surface area contributed by atoms with Gasteiger partial charge in [0, 0.05) is 24.7 Å². The lowest BCUT2D eigenvalue weighted by molar-refractivity contribution is 0.0937. The molecule has 0 bridgehead atoms. The number of rotatable bonds is 4. The molecule has 5 nitrogen and oxygen atoms in total. The zero-order valence-corrected chi connectivity index (χ0v) is 14.0. The van der Waals surface area contributed by atoms with E-state index < -0.39 is 6.09 Å². The van der Waals surface area contributed by atoms with Gasteiger partial charge in [0.15, 0.2) is 0 Å². The summed E-state index contributed by atoms with van der Waals surface area (Å²) in [4.78, 5) is 24.8. The van der Waals surface area contributed by atoms with E-state index in [2.05, 4.69) is 11.4 Å². The Labute approximate surface area is 143 Å². The maximum absolute atomic E-state index is 12.4. The van der Waals surface area contributed by atoms with E-state index in [1.807, 2.05) is 18.2 Å². The fourth-order valence-corrected chi connectivity index (χ4v) is 3.84. The van der Waals surface area contributed by atoms with E-state index in [4.69, 9.17) is 5.11 Å². The fraction of sp³-hybridized carbons (Fsp3) is 0.579. The van der Waals surface area contributed by atoms with Crippen LogP contribution in [-0.4, -0.2) is 41.1 Å². The lowest BCUT2D eigenvalue weighted by Gasteiger charge is -2.30. The second kappa shape index (κ2) is 7.69. The topological polar surface area (TPSA) is 69.6 Å². The molecule has 0 atom stereocenters. The molecular formula is C19H26N2O3. The monoisotopic (exact) mass is 330 g/mol. The standard InChI is InChI=1S/C19H26N2O3/c22-18(20-17-6-1-2-7-17)16-5-3-4-15(13-16)12-14-8-10-21(11-9-14)19(23)24/h3-5,13-14,17H,1-2,6-12H2,(H,20,22)(H,23,24). The molecule has 5 heteroatoms. The number of likely N-dealkylation sites (tertiary alicyclic amines) is 1. The van der Waals surface area contributed by atoms with Crippen molar-refractivity contribution in [2.24, 2.45) is 5.92 Å². The molecule has 130 valence electrons. The van der Waals surface area contributed by atoms with Crippen molar-refractivity contribution in [2.75, 3.05) is 13.1 Å². The van der Waals surface area contributed by atoms with Gasteiger partial charge in [-0.25, -0.2) is 4.79 Å². The summed E-state index contributed by atoms with van der Waals surface area (Å²) in [6, 6.07) is 8.22. The normalized spacial score (nSPS) is 19.4. The third-order valence-corrected chi connectivity index (χ3v) is 5.29. The largest absolute Gasteiger partial charge is 0.465 e. The van der Waals surface area contributed by atoms with Gasteiger partial charge in [-0.2, -0.15) is 0 Å². The van der Waals surface area contributed by atoms with Gasteiger partial charge in [-0.05, 0) is 55.7 Å². The second-order valence-electron chi connectivity index (χ2n) is 7.07. The summed E-state index contributed by atoms with van der Waals surface area (Å²) < 4.78 is 0. The predicted molar refractivity (Wildman–Crippen MR) is 92.2 cm³/mol. The van der Waals surface area contributed by atoms with Crippen LogP contribution in [0.1, 0.15) is 54.4 Å². The molecular weight excluding hydrogens is 304 g/mol. The van der Waals surface area contributed by atoms with Crippen LogP contribution >= 0.6 is 0 Å². The SMILES string of the molecule is O=C(NC1CCCC1)c1cccc(CC2CCN(C(=O)O)CC2)c1. The Kier molecular flexibility index (Phi) is 5.38. The number of hydrogen-bond donors (Lipinski definition) is 2. The minimum atomic E-state index is -0.820. The van der Waals surface area contributed by atoms with Crippen molar-refractivity contribution < 1.29 is 14.7 Å². The third kappa shape index (κ3) is 4.28. The van der Waals surface area contributed by atoms with E-state index in [-0.39, 0.29) is 5.91 Å². The van der Waals surface area contributed by atoms with Crippen LogP contribution in [0.4, 0.5) is 4.79 Å². The maximum atomic E-state index is 12.4. The van der Waals surface area contributed by atoms with Gasteiger partial charge >= 0.3 is 6.09 Å². The summed E-state index contributed by atoms with van der Waals surface area (Å²) in [5.74, 6) is 0.526. The number of hydrogen-bond acceptors (Lipinski definition) is 2. The Bertz CT molecular complexity index is 588. The number of benzene rings is 1. The second-order valence-corrected chi connectivity index (χ2v) is 7.07. The number of nitrogens with zero attached hydrogens (tertiary/aromatic N) is 1. The molecule has 2 N–H and O–H groups in total. The summed E-state index contributed by atoms with van der Waals surface area (Å²) in [6.45, 7) is 1.23. The molecule has 1 heterocycles. The molecule has 2 aliphatic rings. The zero-order chi connectivity index (χ0) is 16.9. The first-order valence-corrected chi connectivity index (χ1v) is 8.99. The lowest BCUT2D eigenvalue weighted by atomic mass is 9.90. The molecule has 0 aromatic heterocycles. The van der Waals surface area contributed by atoms with Crippen molar-refractivity contribution in [3.05, 3.63) is 35.4 Å². The molecule has 0 unspecified atom stereocenters. The first-order chi connectivity index (χ1) is 11.6. The third-order valence-electron chi connectivity index (χ3n) is 5.29. The highest BCUT2D eigenvalue weighted by molar-refractivity contribution is 5.94. The first-order valence-electron chi connectivity index (χ1n) is 8.99. The molecule has 1 aliphatic carbocycles. The number of nitrogens with one attached hydrogen (secondary N) is 1. The van der Waals surface area contributed by atoms with Crippen molar-refractivity contribution in [1.29, 1.82) is 0 Å². The van der Waals surface area contributed by atoms with Crippen molar-refractivity contribution in [1.82, 2.24) is 10.2 Å². The Morgan fingerprint density at radius 1 is 1.12 bits per heavy atom. The maximum Gasteiger partial charge on any atom is 0.407 e. The van der Waals surface area contributed by atoms with Gasteiger partial charge in [0.2, 0.25) is 0 Å². The molecule has 3 rings (SSSR count). The first kappa shape index (κ1) is 16.8. The fourth-order valence-electron chi connectivity index (χ4n) is 3.84. The van der Waals surface area contributed by atoms with Crippen molar-refractivity contribution in [3.8, 4) is 0 Å². The molecule has 0 spiro atoms. The molecule has 1 aliphatic heterocycles. The highest BCUT2D eigenvalue weighted by atomic mass is 16.4. The van der Waals surface area contributed by atoms with E-state index in [0.717, 1.165) is 37.7 Å². The number of carbonyl (C=O) groups excluding carboxylic acids is 1. The average molecular weight is 330 g/mol. The summed E-state index contributed by atoms with van der Waals surface area (Å²) in [5.41, 5.74) is 1.91. The number of piperidine rings is 1. The smallest absolute Gasteiger partial charge is 0.407 e. The van der Waals surface area contributed by atoms with Crippen LogP contribution in [0.3, 0.4) is 0 Å². The van der Waals surface area contributed by atoms with E-state index in [9.17, 15) is 9.59 Å². The van der Waals surface area contributed by atoms with Crippen LogP contribution < -0.4 is 5.32 Å². The van der Waals surface area contributed by atoms with Crippen molar-refractivity contribution >= 4 is 12.0 Å². The molecule has 2 fully saturated rings. The van der Waals surface area contributed by atoms with E-state index in [1.54, 1.807) is 0 Å². The van der Waals surface area contributed by atoms with Crippen LogP contribution in [0.5, 0.6) is 0 Å². The van der Waals surface area contributed by atoms with E-state index in [0.29, 0.717) is 25.0 Å². The molecule has 24 heavy (non-hydrogen) atoms. The van der Waals surface area contributed by atoms with Gasteiger partial charge in [0.25, 0.3) is 5.91 Å². The predicted octanol–water partition coefficient (Wildman–Crippen LogP) is 3.29. The molecule has 1 saturated carbocycles. The Hall–Kier alpha value is -2.04. The quantitative estimate of drug-likeness (QED) is 0.890. The van der Waals surface area contributed by atoms with Crippen molar-refractivity contribution in [2.45, 2.75) is 51.0 Å². The van der Waals surface area contributed by atoms with Crippen LogP contribution in [0.2, 0.25) is 0 Å². The molecule has 1 saturated heterocycles. The Balaban J connectivity index is 1.55. The average Bonchev–Trinajstić information content (AvgIpc) is 3.08. The number of amides is 2. The van der Waals surface area contributed by atoms with E-state index >= 15 is 0 Å². The zero-order valence-electron chi connectivity index (χ0n) is 14.0. The summed E-state index contributed by atoms with van der Waals surface area (Å²) in [7, 11) is 0. The molecule has 0 radical (unpaired) electrons. The van der Waals surface area contributed by atoms with Crippen LogP contribution in [-0.2, 0) is 6.42 Å². The highest BCUT2D eigenvalue weighted by Gasteiger charge is 2.23. The van der Waals surface area contributed by atoms with Gasteiger partial charge in [-0.1, -0.05) is 25.0 Å². The van der Waals surface area contributed by atoms with Gasteiger partial charge < -0.3 is 15.3 Å². The number of carboxylic acid groups (broad SMARTS) is 1. The minimum absolute atomic E-state index is 0.0319. The molecule has 1 aromatic carbocycles. The number of carbonyl (C=O) groups is 2. The van der Waals surface area contributed by atoms with Gasteiger partial charge in [-0.3, -0.25) is 4.79 Å². The molecule has 2 amide bonds. The van der Waals surface area contributed by atoms with Crippen LogP contribution in [0, 0.1) is 5.92 Å². The van der Waals surface area contributed by atoms with Crippen molar-refractivity contribution in [3.63, 3.8) is 0 Å². The summed E-state index contributed by atoms with van der Waals surface area (Å²) >= 11 is 0. The summed E-state index contributed by atoms with van der Waals surface area (Å²) in [5, 5.41) is 12.1. The van der Waals surface area contributed by atoms with Crippen LogP contribution in [0.15, 0.2) is 24.3 Å². The molecule has 1 aromatic rings. The Morgan fingerprint density at radius 2 is 1.83 bits per heavy atom.